The first-order valence-corrected chi connectivity index (χ1v) is 8.78. The van der Waals surface area contributed by atoms with Gasteiger partial charge in [0.05, 0.1) is 28.9 Å². The van der Waals surface area contributed by atoms with Crippen LogP contribution < -0.4 is 5.32 Å². The molecule has 1 aromatic rings. The molecule has 0 aliphatic carbocycles. The van der Waals surface area contributed by atoms with Crippen LogP contribution in [0, 0.1) is 17.2 Å². The van der Waals surface area contributed by atoms with E-state index in [-0.39, 0.29) is 10.6 Å². The van der Waals surface area contributed by atoms with Gasteiger partial charge in [0.1, 0.15) is 0 Å². The highest BCUT2D eigenvalue weighted by Crippen LogP contribution is 2.13. The number of nitrogens with one attached hydrogen (secondary N) is 1. The van der Waals surface area contributed by atoms with Gasteiger partial charge in [0.15, 0.2) is 9.84 Å². The van der Waals surface area contributed by atoms with E-state index in [0.29, 0.717) is 18.0 Å². The van der Waals surface area contributed by atoms with Crippen molar-refractivity contribution in [3.63, 3.8) is 0 Å². The summed E-state index contributed by atoms with van der Waals surface area (Å²) in [6, 6.07) is 8.01. The number of ether oxygens (including phenoxy) is 1. The van der Waals surface area contributed by atoms with Crippen LogP contribution >= 0.6 is 0 Å². The highest BCUT2D eigenvalue weighted by Gasteiger charge is 2.16. The first-order valence-electron chi connectivity index (χ1n) is 7.13. The Bertz CT molecular complexity index is 584. The molecule has 1 N–H and O–H groups in total. The van der Waals surface area contributed by atoms with Crippen LogP contribution in [0.2, 0.25) is 0 Å². The van der Waals surface area contributed by atoms with Crippen LogP contribution in [0.1, 0.15) is 18.4 Å². The summed E-state index contributed by atoms with van der Waals surface area (Å²) in [5.74, 6) is 0.545. The molecule has 0 aromatic heterocycles. The van der Waals surface area contributed by atoms with E-state index in [4.69, 9.17) is 10.00 Å². The highest BCUT2D eigenvalue weighted by atomic mass is 32.2. The molecule has 0 spiro atoms. The zero-order valence-electron chi connectivity index (χ0n) is 11.9. The van der Waals surface area contributed by atoms with Gasteiger partial charge in [-0.15, -0.1) is 0 Å². The van der Waals surface area contributed by atoms with Crippen molar-refractivity contribution >= 4 is 9.84 Å². The standard InChI is InChI=1S/C15H20N2O3S/c16-10-13-3-5-15(6-4-13)21(18,19)9-7-17-11-14-2-1-8-20-12-14/h3-6,14,17H,1-2,7-9,11-12H2. The van der Waals surface area contributed by atoms with E-state index in [1.165, 1.54) is 24.3 Å². The summed E-state index contributed by atoms with van der Waals surface area (Å²) in [5.41, 5.74) is 0.462. The van der Waals surface area contributed by atoms with Crippen LogP contribution in [0.5, 0.6) is 0 Å². The molecule has 1 atom stereocenters. The van der Waals surface area contributed by atoms with Crippen molar-refractivity contribution in [2.75, 3.05) is 32.1 Å². The van der Waals surface area contributed by atoms with E-state index < -0.39 is 9.84 Å². The van der Waals surface area contributed by atoms with Crippen molar-refractivity contribution in [1.29, 1.82) is 5.26 Å². The van der Waals surface area contributed by atoms with Gasteiger partial charge in [0.2, 0.25) is 0 Å². The maximum atomic E-state index is 12.1. The minimum Gasteiger partial charge on any atom is -0.381 e. The number of rotatable bonds is 6. The van der Waals surface area contributed by atoms with Gasteiger partial charge in [-0.3, -0.25) is 0 Å². The zero-order chi connectivity index (χ0) is 15.1. The van der Waals surface area contributed by atoms with Gasteiger partial charge in [-0.05, 0) is 43.0 Å². The first kappa shape index (κ1) is 16.0. The molecule has 0 radical (unpaired) electrons. The second-order valence-corrected chi connectivity index (χ2v) is 7.35. The molecule has 21 heavy (non-hydrogen) atoms. The number of benzene rings is 1. The summed E-state index contributed by atoms with van der Waals surface area (Å²) in [5, 5.41) is 11.9. The van der Waals surface area contributed by atoms with Gasteiger partial charge in [-0.25, -0.2) is 8.42 Å². The Morgan fingerprint density at radius 2 is 2.10 bits per heavy atom. The summed E-state index contributed by atoms with van der Waals surface area (Å²) >= 11 is 0. The molecule has 1 unspecified atom stereocenters. The van der Waals surface area contributed by atoms with E-state index in [1.807, 2.05) is 6.07 Å². The number of sulfone groups is 1. The predicted octanol–water partition coefficient (Wildman–Crippen LogP) is 1.35. The van der Waals surface area contributed by atoms with Crippen molar-refractivity contribution in [2.24, 2.45) is 5.92 Å². The third kappa shape index (κ3) is 4.81. The maximum absolute atomic E-state index is 12.1. The predicted molar refractivity (Wildman–Crippen MR) is 79.6 cm³/mol. The Kier molecular flexibility index (Phi) is 5.74. The van der Waals surface area contributed by atoms with E-state index >= 15 is 0 Å². The molecule has 5 nitrogen and oxygen atoms in total. The van der Waals surface area contributed by atoms with E-state index in [0.717, 1.165) is 32.6 Å². The zero-order valence-corrected chi connectivity index (χ0v) is 12.7. The fourth-order valence-electron chi connectivity index (χ4n) is 2.34. The van der Waals surface area contributed by atoms with Crippen molar-refractivity contribution < 1.29 is 13.2 Å². The number of hydrogen-bond acceptors (Lipinski definition) is 5. The molecule has 114 valence electrons. The number of hydrogen-bond donors (Lipinski definition) is 1. The van der Waals surface area contributed by atoms with Gasteiger partial charge < -0.3 is 10.1 Å². The lowest BCUT2D eigenvalue weighted by Crippen LogP contribution is -2.32. The van der Waals surface area contributed by atoms with Gasteiger partial charge in [-0.2, -0.15) is 5.26 Å². The van der Waals surface area contributed by atoms with Crippen molar-refractivity contribution in [1.82, 2.24) is 5.32 Å². The molecule has 0 bridgehead atoms. The second kappa shape index (κ2) is 7.55. The molecular weight excluding hydrogens is 288 g/mol. The van der Waals surface area contributed by atoms with E-state index in [2.05, 4.69) is 5.32 Å². The summed E-state index contributed by atoms with van der Waals surface area (Å²) < 4.78 is 29.7. The molecule has 0 amide bonds. The SMILES string of the molecule is N#Cc1ccc(S(=O)(=O)CCNCC2CCCOC2)cc1. The molecular formula is C15H20N2O3S. The van der Waals surface area contributed by atoms with Gasteiger partial charge in [0, 0.05) is 19.7 Å². The molecule has 0 saturated carbocycles. The molecule has 2 rings (SSSR count). The Labute approximate surface area is 125 Å². The van der Waals surface area contributed by atoms with Crippen LogP contribution in [0.4, 0.5) is 0 Å². The summed E-state index contributed by atoms with van der Waals surface area (Å²) in [4.78, 5) is 0.268. The monoisotopic (exact) mass is 308 g/mol. The molecule has 1 aliphatic rings. The van der Waals surface area contributed by atoms with Crippen LogP contribution in [-0.4, -0.2) is 40.5 Å². The summed E-state index contributed by atoms with van der Waals surface area (Å²) in [6.45, 7) is 2.82. The Morgan fingerprint density at radius 3 is 2.71 bits per heavy atom. The van der Waals surface area contributed by atoms with E-state index in [1.54, 1.807) is 0 Å². The van der Waals surface area contributed by atoms with Crippen molar-refractivity contribution in [3.05, 3.63) is 29.8 Å². The fraction of sp³-hybridized carbons (Fsp3) is 0.533. The van der Waals surface area contributed by atoms with Gasteiger partial charge in [-0.1, -0.05) is 0 Å². The molecule has 1 heterocycles. The van der Waals surface area contributed by atoms with Crippen molar-refractivity contribution in [2.45, 2.75) is 17.7 Å². The van der Waals surface area contributed by atoms with Crippen LogP contribution in [0.25, 0.3) is 0 Å². The van der Waals surface area contributed by atoms with Gasteiger partial charge >= 0.3 is 0 Å². The third-order valence-corrected chi connectivity index (χ3v) is 5.31. The third-order valence-electron chi connectivity index (χ3n) is 3.58. The van der Waals surface area contributed by atoms with Crippen LogP contribution in [0.15, 0.2) is 29.2 Å². The highest BCUT2D eigenvalue weighted by molar-refractivity contribution is 7.91. The average Bonchev–Trinajstić information content (AvgIpc) is 2.53. The molecule has 1 saturated heterocycles. The molecule has 6 heteroatoms. The average molecular weight is 308 g/mol. The maximum Gasteiger partial charge on any atom is 0.179 e. The quantitative estimate of drug-likeness (QED) is 0.803. The van der Waals surface area contributed by atoms with Crippen molar-refractivity contribution in [3.8, 4) is 6.07 Å². The Morgan fingerprint density at radius 1 is 1.33 bits per heavy atom. The smallest absolute Gasteiger partial charge is 0.179 e. The molecule has 1 aromatic carbocycles. The Hall–Kier alpha value is -1.42. The normalized spacial score (nSPS) is 19.1. The molecule has 1 fully saturated rings. The summed E-state index contributed by atoms with van der Waals surface area (Å²) in [7, 11) is -3.29. The Balaban J connectivity index is 1.79. The lowest BCUT2D eigenvalue weighted by Gasteiger charge is -2.22. The topological polar surface area (TPSA) is 79.2 Å². The van der Waals surface area contributed by atoms with Gasteiger partial charge in [0.25, 0.3) is 0 Å². The number of nitriles is 1. The van der Waals surface area contributed by atoms with E-state index in [9.17, 15) is 8.42 Å². The lowest BCUT2D eigenvalue weighted by atomic mass is 10.0. The second-order valence-electron chi connectivity index (χ2n) is 5.24. The van der Waals surface area contributed by atoms with Crippen LogP contribution in [0.3, 0.4) is 0 Å². The largest absolute Gasteiger partial charge is 0.381 e. The fourth-order valence-corrected chi connectivity index (χ4v) is 3.54. The lowest BCUT2D eigenvalue weighted by molar-refractivity contribution is 0.0551. The minimum absolute atomic E-state index is 0.0620. The van der Waals surface area contributed by atoms with Crippen LogP contribution in [-0.2, 0) is 14.6 Å². The summed E-state index contributed by atoms with van der Waals surface area (Å²) in [6.07, 6.45) is 2.21. The molecule has 1 aliphatic heterocycles. The minimum atomic E-state index is -3.29. The number of nitrogens with zero attached hydrogens (tertiary/aromatic N) is 1. The first-order chi connectivity index (χ1) is 10.1.